The third kappa shape index (κ3) is 5.87. The summed E-state index contributed by atoms with van der Waals surface area (Å²) in [6.45, 7) is 11.1. The zero-order valence-corrected chi connectivity index (χ0v) is 19.5. The van der Waals surface area contributed by atoms with Crippen LogP contribution in [-0.4, -0.2) is 53.0 Å². The quantitative estimate of drug-likeness (QED) is 0.579. The van der Waals surface area contributed by atoms with E-state index in [9.17, 15) is 19.5 Å². The van der Waals surface area contributed by atoms with Crippen LogP contribution in [0.1, 0.15) is 47.1 Å². The number of carboxylic acid groups (broad SMARTS) is 1. The van der Waals surface area contributed by atoms with Crippen LogP contribution in [0, 0.1) is 11.3 Å². The average molecular weight is 430 g/mol. The number of hydrogen-bond acceptors (Lipinski definition) is 4. The molecule has 0 spiro atoms. The molecular weight excluding hydrogens is 394 g/mol. The zero-order valence-electron chi connectivity index (χ0n) is 19.5. The first-order chi connectivity index (χ1) is 14.3. The number of nitrogens with zero attached hydrogens (tertiary/aromatic N) is 1. The summed E-state index contributed by atoms with van der Waals surface area (Å²) in [6.07, 6.45) is 2.17. The highest BCUT2D eigenvalue weighted by Gasteiger charge is 2.39. The highest BCUT2D eigenvalue weighted by atomic mass is 16.4. The summed E-state index contributed by atoms with van der Waals surface area (Å²) in [6, 6.07) is 6.19. The molecule has 1 aliphatic rings. The third-order valence-electron chi connectivity index (χ3n) is 5.72. The van der Waals surface area contributed by atoms with E-state index < -0.39 is 29.5 Å². The van der Waals surface area contributed by atoms with Crippen LogP contribution in [0.4, 0.5) is 5.69 Å². The first-order valence-corrected chi connectivity index (χ1v) is 10.7. The van der Waals surface area contributed by atoms with Crippen molar-refractivity contribution in [2.24, 2.45) is 11.3 Å². The van der Waals surface area contributed by atoms with E-state index in [0.29, 0.717) is 6.42 Å². The van der Waals surface area contributed by atoms with Gasteiger partial charge in [-0.3, -0.25) is 9.59 Å². The van der Waals surface area contributed by atoms with E-state index in [1.165, 1.54) is 6.92 Å². The van der Waals surface area contributed by atoms with E-state index in [-0.39, 0.29) is 23.3 Å². The summed E-state index contributed by atoms with van der Waals surface area (Å²) < 4.78 is 0. The number of rotatable bonds is 7. The predicted octanol–water partition coefficient (Wildman–Crippen LogP) is 3.07. The predicted molar refractivity (Wildman–Crippen MR) is 122 cm³/mol. The van der Waals surface area contributed by atoms with Crippen LogP contribution in [-0.2, 0) is 20.8 Å². The molecule has 1 unspecified atom stereocenters. The van der Waals surface area contributed by atoms with Crippen molar-refractivity contribution in [3.05, 3.63) is 41.5 Å². The summed E-state index contributed by atoms with van der Waals surface area (Å²) in [5.41, 5.74) is 1.67. The molecule has 1 aromatic carbocycles. The summed E-state index contributed by atoms with van der Waals surface area (Å²) in [7, 11) is 1.66. The number of hydrogen-bond donors (Lipinski definition) is 3. The minimum atomic E-state index is -1.01. The van der Waals surface area contributed by atoms with Crippen LogP contribution in [0.3, 0.4) is 0 Å². The van der Waals surface area contributed by atoms with Crippen molar-refractivity contribution < 1.29 is 19.5 Å². The summed E-state index contributed by atoms with van der Waals surface area (Å²) >= 11 is 0. The van der Waals surface area contributed by atoms with E-state index in [1.807, 2.05) is 58.9 Å². The van der Waals surface area contributed by atoms with Gasteiger partial charge in [0.05, 0.1) is 6.04 Å². The highest BCUT2D eigenvalue weighted by Crippen LogP contribution is 2.27. The van der Waals surface area contributed by atoms with Gasteiger partial charge >= 0.3 is 5.97 Å². The van der Waals surface area contributed by atoms with Crippen molar-refractivity contribution in [3.8, 4) is 0 Å². The molecule has 2 amide bonds. The van der Waals surface area contributed by atoms with Crippen molar-refractivity contribution in [2.45, 2.75) is 66.1 Å². The lowest BCUT2D eigenvalue weighted by atomic mass is 9.85. The molecule has 3 N–H and O–H groups in total. The van der Waals surface area contributed by atoms with Crippen LogP contribution < -0.4 is 10.6 Å². The van der Waals surface area contributed by atoms with Crippen molar-refractivity contribution in [1.29, 1.82) is 0 Å². The van der Waals surface area contributed by atoms with Crippen LogP contribution >= 0.6 is 0 Å². The lowest BCUT2D eigenvalue weighted by molar-refractivity contribution is -0.140. The number of aliphatic carboxylic acids is 1. The van der Waals surface area contributed by atoms with Gasteiger partial charge in [0.1, 0.15) is 12.1 Å². The van der Waals surface area contributed by atoms with Crippen molar-refractivity contribution in [2.75, 3.05) is 12.4 Å². The van der Waals surface area contributed by atoms with Gasteiger partial charge < -0.3 is 20.6 Å². The molecule has 0 saturated heterocycles. The molecule has 0 aliphatic carbocycles. The minimum Gasteiger partial charge on any atom is -0.478 e. The number of anilines is 1. The molecule has 31 heavy (non-hydrogen) atoms. The van der Waals surface area contributed by atoms with Gasteiger partial charge in [-0.25, -0.2) is 4.79 Å². The molecule has 1 aliphatic heterocycles. The minimum absolute atomic E-state index is 0.00516. The Bertz CT molecular complexity index is 845. The molecule has 0 aromatic heterocycles. The molecule has 0 bridgehead atoms. The van der Waals surface area contributed by atoms with Gasteiger partial charge in [-0.15, -0.1) is 0 Å². The van der Waals surface area contributed by atoms with Gasteiger partial charge in [0.15, 0.2) is 0 Å². The smallest absolute Gasteiger partial charge is 0.331 e. The Hall–Kier alpha value is -2.83. The number of carbonyl (C=O) groups excluding carboxylic acids is 2. The van der Waals surface area contributed by atoms with Gasteiger partial charge in [-0.1, -0.05) is 58.9 Å². The number of para-hydroxylation sites is 1. The Balaban J connectivity index is 2.21. The van der Waals surface area contributed by atoms with E-state index >= 15 is 0 Å². The number of carbonyl (C=O) groups is 3. The maximum atomic E-state index is 13.5. The van der Waals surface area contributed by atoms with Gasteiger partial charge in [-0.05, 0) is 29.9 Å². The van der Waals surface area contributed by atoms with E-state index in [1.54, 1.807) is 18.0 Å². The number of carboxylic acids is 1. The number of amides is 2. The standard InChI is InChI=1S/C24H35N3O4/c1-14(2)19(12-15(3)23(30)31)27(7)22(29)20(24(4,5)6)26-21(28)18-13-16-10-8-9-11-17(16)25-18/h8-12,14,18-20,25H,13H2,1-7H3,(H,26,28)(H,30,31)/t18?,19-,20-/m1/s1. The summed E-state index contributed by atoms with van der Waals surface area (Å²) in [4.78, 5) is 39.3. The Morgan fingerprint density at radius 3 is 2.35 bits per heavy atom. The molecule has 1 heterocycles. The average Bonchev–Trinajstić information content (AvgIpc) is 3.12. The number of likely N-dealkylation sites (N-methyl/N-ethyl adjacent to an activating group) is 1. The topological polar surface area (TPSA) is 98.7 Å². The number of benzene rings is 1. The molecule has 1 aromatic rings. The van der Waals surface area contributed by atoms with E-state index in [0.717, 1.165) is 11.3 Å². The fraction of sp³-hybridized carbons (Fsp3) is 0.542. The second kappa shape index (κ2) is 9.54. The number of nitrogens with one attached hydrogen (secondary N) is 2. The highest BCUT2D eigenvalue weighted by molar-refractivity contribution is 5.93. The van der Waals surface area contributed by atoms with Crippen molar-refractivity contribution in [1.82, 2.24) is 10.2 Å². The van der Waals surface area contributed by atoms with Gasteiger partial charge in [0.2, 0.25) is 11.8 Å². The maximum absolute atomic E-state index is 13.5. The second-order valence-electron chi connectivity index (χ2n) is 9.70. The second-order valence-corrected chi connectivity index (χ2v) is 9.70. The monoisotopic (exact) mass is 429 g/mol. The molecule has 0 saturated carbocycles. The third-order valence-corrected chi connectivity index (χ3v) is 5.72. The lowest BCUT2D eigenvalue weighted by Crippen LogP contribution is -2.58. The molecule has 2 rings (SSSR count). The van der Waals surface area contributed by atoms with E-state index in [4.69, 9.17) is 0 Å². The molecule has 7 heteroatoms. The Morgan fingerprint density at radius 1 is 1.23 bits per heavy atom. The van der Waals surface area contributed by atoms with Crippen LogP contribution in [0.15, 0.2) is 35.9 Å². The van der Waals surface area contributed by atoms with Crippen LogP contribution in [0.2, 0.25) is 0 Å². The molecular formula is C24H35N3O4. The van der Waals surface area contributed by atoms with Crippen LogP contribution in [0.25, 0.3) is 0 Å². The normalized spacial score (nSPS) is 18.1. The molecule has 0 radical (unpaired) electrons. The molecule has 0 fully saturated rings. The summed E-state index contributed by atoms with van der Waals surface area (Å²) in [5.74, 6) is -1.48. The largest absolute Gasteiger partial charge is 0.478 e. The Labute approximate surface area is 184 Å². The SMILES string of the molecule is CC(=C[C@H](C(C)C)N(C)C(=O)[C@@H](NC(=O)C1Cc2ccccc2N1)C(C)(C)C)C(=O)O. The summed E-state index contributed by atoms with van der Waals surface area (Å²) in [5, 5.41) is 15.4. The Kier molecular flexibility index (Phi) is 7.52. The Morgan fingerprint density at radius 2 is 1.84 bits per heavy atom. The van der Waals surface area contributed by atoms with Crippen LogP contribution in [0.5, 0.6) is 0 Å². The van der Waals surface area contributed by atoms with Gasteiger partial charge in [-0.2, -0.15) is 0 Å². The fourth-order valence-electron chi connectivity index (χ4n) is 3.78. The van der Waals surface area contributed by atoms with Gasteiger partial charge in [0, 0.05) is 24.7 Å². The van der Waals surface area contributed by atoms with E-state index in [2.05, 4.69) is 10.6 Å². The molecule has 3 atom stereocenters. The maximum Gasteiger partial charge on any atom is 0.331 e. The fourth-order valence-corrected chi connectivity index (χ4v) is 3.78. The lowest BCUT2D eigenvalue weighted by Gasteiger charge is -2.37. The van der Waals surface area contributed by atoms with Crippen molar-refractivity contribution in [3.63, 3.8) is 0 Å². The molecule has 7 nitrogen and oxygen atoms in total. The first kappa shape index (κ1) is 24.4. The first-order valence-electron chi connectivity index (χ1n) is 10.7. The molecule has 170 valence electrons. The number of fused-ring (bicyclic) bond motifs is 1. The zero-order chi connectivity index (χ0) is 23.5. The van der Waals surface area contributed by atoms with Crippen molar-refractivity contribution >= 4 is 23.5 Å². The van der Waals surface area contributed by atoms with Gasteiger partial charge in [0.25, 0.3) is 0 Å².